The van der Waals surface area contributed by atoms with Crippen LogP contribution in [0, 0.1) is 3.57 Å². The summed E-state index contributed by atoms with van der Waals surface area (Å²) in [7, 11) is 0. The third kappa shape index (κ3) is 3.42. The lowest BCUT2D eigenvalue weighted by Gasteiger charge is -2.06. The van der Waals surface area contributed by atoms with Gasteiger partial charge in [0.05, 0.1) is 21.8 Å². The average Bonchev–Trinajstić information content (AvgIpc) is 3.34. The van der Waals surface area contributed by atoms with E-state index in [1.165, 1.54) is 0 Å². The number of nitrogens with zero attached hydrogens (tertiary/aromatic N) is 2. The summed E-state index contributed by atoms with van der Waals surface area (Å²) in [6.07, 6.45) is 1.79. The van der Waals surface area contributed by atoms with Gasteiger partial charge in [-0.05, 0) is 58.3 Å². The monoisotopic (exact) mass is 471 g/mol. The van der Waals surface area contributed by atoms with Gasteiger partial charge in [-0.3, -0.25) is 4.79 Å². The van der Waals surface area contributed by atoms with E-state index in [0.717, 1.165) is 19.8 Å². The second-order valence-electron chi connectivity index (χ2n) is 5.58. The first-order chi connectivity index (χ1) is 12.7. The molecule has 4 rings (SSSR count). The van der Waals surface area contributed by atoms with E-state index >= 15 is 0 Å². The fraction of sp³-hybridized carbons (Fsp3) is 0. The van der Waals surface area contributed by atoms with Crippen LogP contribution in [0.15, 0.2) is 78.3 Å². The van der Waals surface area contributed by atoms with E-state index in [1.807, 2.05) is 72.1 Å². The van der Waals surface area contributed by atoms with E-state index in [2.05, 4.69) is 33.0 Å². The summed E-state index contributed by atoms with van der Waals surface area (Å²) in [5, 5.41) is 9.66. The Kier molecular flexibility index (Phi) is 4.85. The molecule has 0 fully saturated rings. The topological polar surface area (TPSA) is 46.9 Å². The van der Waals surface area contributed by atoms with Crippen LogP contribution in [-0.2, 0) is 0 Å². The van der Waals surface area contributed by atoms with E-state index in [-0.39, 0.29) is 5.91 Å². The van der Waals surface area contributed by atoms with Gasteiger partial charge in [-0.2, -0.15) is 5.10 Å². The standard InChI is InChI=1S/C20H14IN3OS/c21-16-9-4-5-10-17(16)22-20(25)15-13-24(14-7-2-1-3-8-14)23-19(15)18-11-6-12-26-18/h1-13H,(H,22,25). The molecular formula is C20H14IN3OS. The maximum absolute atomic E-state index is 13.0. The van der Waals surface area contributed by atoms with Crippen LogP contribution in [0.25, 0.3) is 16.3 Å². The van der Waals surface area contributed by atoms with Crippen LogP contribution in [0.4, 0.5) is 5.69 Å². The summed E-state index contributed by atoms with van der Waals surface area (Å²) in [5.41, 5.74) is 2.95. The molecule has 0 unspecified atom stereocenters. The van der Waals surface area contributed by atoms with Crippen molar-refractivity contribution in [2.45, 2.75) is 0 Å². The summed E-state index contributed by atoms with van der Waals surface area (Å²) in [5.74, 6) is -0.167. The van der Waals surface area contributed by atoms with Gasteiger partial charge in [0.1, 0.15) is 5.69 Å². The van der Waals surface area contributed by atoms with Crippen LogP contribution in [-0.4, -0.2) is 15.7 Å². The predicted octanol–water partition coefficient (Wildman–Crippen LogP) is 5.46. The normalized spacial score (nSPS) is 10.7. The highest BCUT2D eigenvalue weighted by Crippen LogP contribution is 2.29. The number of amides is 1. The molecule has 4 aromatic rings. The van der Waals surface area contributed by atoms with Crippen molar-refractivity contribution in [3.63, 3.8) is 0 Å². The molecule has 0 saturated heterocycles. The second kappa shape index (κ2) is 7.43. The van der Waals surface area contributed by atoms with Crippen LogP contribution >= 0.6 is 33.9 Å². The summed E-state index contributed by atoms with van der Waals surface area (Å²) in [4.78, 5) is 13.9. The van der Waals surface area contributed by atoms with Gasteiger partial charge in [0.2, 0.25) is 0 Å². The molecule has 6 heteroatoms. The van der Waals surface area contributed by atoms with Crippen LogP contribution in [0.5, 0.6) is 0 Å². The minimum Gasteiger partial charge on any atom is -0.321 e. The Bertz CT molecular complexity index is 1040. The zero-order valence-corrected chi connectivity index (χ0v) is 16.6. The van der Waals surface area contributed by atoms with E-state index in [1.54, 1.807) is 22.2 Å². The molecule has 2 heterocycles. The largest absolute Gasteiger partial charge is 0.321 e. The van der Waals surface area contributed by atoms with E-state index in [4.69, 9.17) is 0 Å². The molecule has 2 aromatic carbocycles. The van der Waals surface area contributed by atoms with Crippen molar-refractivity contribution >= 4 is 45.5 Å². The molecule has 0 spiro atoms. The minimum absolute atomic E-state index is 0.167. The zero-order valence-electron chi connectivity index (χ0n) is 13.6. The van der Waals surface area contributed by atoms with Crippen molar-refractivity contribution in [1.82, 2.24) is 9.78 Å². The molecule has 26 heavy (non-hydrogen) atoms. The molecule has 0 bridgehead atoms. The molecule has 2 aromatic heterocycles. The lowest BCUT2D eigenvalue weighted by molar-refractivity contribution is 0.102. The first-order valence-electron chi connectivity index (χ1n) is 7.97. The first kappa shape index (κ1) is 17.0. The van der Waals surface area contributed by atoms with Crippen LogP contribution in [0.1, 0.15) is 10.4 Å². The number of hydrogen-bond donors (Lipinski definition) is 1. The second-order valence-corrected chi connectivity index (χ2v) is 7.69. The molecule has 1 amide bonds. The van der Waals surface area contributed by atoms with E-state index in [9.17, 15) is 4.79 Å². The summed E-state index contributed by atoms with van der Waals surface area (Å²) >= 11 is 3.78. The number of carbonyl (C=O) groups is 1. The van der Waals surface area contributed by atoms with Crippen LogP contribution in [0.3, 0.4) is 0 Å². The lowest BCUT2D eigenvalue weighted by Crippen LogP contribution is -2.13. The van der Waals surface area contributed by atoms with Gasteiger partial charge in [0, 0.05) is 9.77 Å². The number of hydrogen-bond acceptors (Lipinski definition) is 3. The quantitative estimate of drug-likeness (QED) is 0.402. The third-order valence-electron chi connectivity index (χ3n) is 3.86. The highest BCUT2D eigenvalue weighted by atomic mass is 127. The van der Waals surface area contributed by atoms with Gasteiger partial charge in [-0.1, -0.05) is 36.4 Å². The molecule has 4 nitrogen and oxygen atoms in total. The maximum atomic E-state index is 13.0. The Hall–Kier alpha value is -2.45. The average molecular weight is 471 g/mol. The SMILES string of the molecule is O=C(Nc1ccccc1I)c1cn(-c2ccccc2)nc1-c1cccs1. The molecule has 0 aliphatic heterocycles. The van der Waals surface area contributed by atoms with Gasteiger partial charge in [0.25, 0.3) is 5.91 Å². The van der Waals surface area contributed by atoms with Gasteiger partial charge in [-0.25, -0.2) is 4.68 Å². The Morgan fingerprint density at radius 1 is 1.00 bits per heavy atom. The highest BCUT2D eigenvalue weighted by molar-refractivity contribution is 14.1. The summed E-state index contributed by atoms with van der Waals surface area (Å²) in [6, 6.07) is 21.4. The van der Waals surface area contributed by atoms with Crippen molar-refractivity contribution in [2.75, 3.05) is 5.32 Å². The van der Waals surface area contributed by atoms with Crippen molar-refractivity contribution in [3.8, 4) is 16.3 Å². The number of nitrogens with one attached hydrogen (secondary N) is 1. The number of thiophene rings is 1. The number of rotatable bonds is 4. The zero-order chi connectivity index (χ0) is 17.9. The van der Waals surface area contributed by atoms with Gasteiger partial charge < -0.3 is 5.32 Å². The Morgan fingerprint density at radius 3 is 2.50 bits per heavy atom. The fourth-order valence-corrected chi connectivity index (χ4v) is 3.85. The molecule has 0 aliphatic rings. The minimum atomic E-state index is -0.167. The molecular weight excluding hydrogens is 457 g/mol. The molecule has 0 aliphatic carbocycles. The van der Waals surface area contributed by atoms with Gasteiger partial charge in [-0.15, -0.1) is 11.3 Å². The maximum Gasteiger partial charge on any atom is 0.259 e. The van der Waals surface area contributed by atoms with E-state index in [0.29, 0.717) is 11.3 Å². The number of carbonyl (C=O) groups excluding carboxylic acids is 1. The number of benzene rings is 2. The summed E-state index contributed by atoms with van der Waals surface area (Å²) in [6.45, 7) is 0. The van der Waals surface area contributed by atoms with Gasteiger partial charge in [0.15, 0.2) is 0 Å². The molecule has 0 saturated carbocycles. The number of anilines is 1. The van der Waals surface area contributed by atoms with Crippen molar-refractivity contribution in [3.05, 3.63) is 87.4 Å². The number of halogens is 1. The fourth-order valence-electron chi connectivity index (χ4n) is 2.60. The van der Waals surface area contributed by atoms with E-state index < -0.39 is 0 Å². The summed E-state index contributed by atoms with van der Waals surface area (Å²) < 4.78 is 2.74. The molecule has 1 N–H and O–H groups in total. The predicted molar refractivity (Wildman–Crippen MR) is 114 cm³/mol. The Labute approximate surface area is 168 Å². The Balaban J connectivity index is 1.75. The first-order valence-corrected chi connectivity index (χ1v) is 9.93. The lowest BCUT2D eigenvalue weighted by atomic mass is 10.2. The Morgan fingerprint density at radius 2 is 1.77 bits per heavy atom. The molecule has 0 radical (unpaired) electrons. The molecule has 0 atom stereocenters. The van der Waals surface area contributed by atoms with Crippen LogP contribution < -0.4 is 5.32 Å². The third-order valence-corrected chi connectivity index (χ3v) is 5.67. The number of aromatic nitrogens is 2. The van der Waals surface area contributed by atoms with Crippen molar-refractivity contribution in [2.24, 2.45) is 0 Å². The van der Waals surface area contributed by atoms with Crippen molar-refractivity contribution < 1.29 is 4.79 Å². The van der Waals surface area contributed by atoms with Crippen molar-refractivity contribution in [1.29, 1.82) is 0 Å². The number of para-hydroxylation sites is 2. The smallest absolute Gasteiger partial charge is 0.259 e. The van der Waals surface area contributed by atoms with Crippen LogP contribution in [0.2, 0.25) is 0 Å². The highest BCUT2D eigenvalue weighted by Gasteiger charge is 2.20. The molecule has 128 valence electrons. The van der Waals surface area contributed by atoms with Gasteiger partial charge >= 0.3 is 0 Å².